The second-order valence-corrected chi connectivity index (χ2v) is 6.37. The quantitative estimate of drug-likeness (QED) is 0.936. The van der Waals surface area contributed by atoms with Crippen molar-refractivity contribution in [3.05, 3.63) is 46.2 Å². The van der Waals surface area contributed by atoms with Crippen molar-refractivity contribution >= 4 is 21.4 Å². The van der Waals surface area contributed by atoms with E-state index in [2.05, 4.69) is 9.71 Å². The van der Waals surface area contributed by atoms with Crippen molar-refractivity contribution in [2.24, 2.45) is 0 Å². The number of halogens is 1. The predicted molar refractivity (Wildman–Crippen MR) is 67.3 cm³/mol. The van der Waals surface area contributed by atoms with E-state index in [0.29, 0.717) is 5.01 Å². The van der Waals surface area contributed by atoms with E-state index in [1.54, 1.807) is 0 Å². The molecule has 2 rings (SSSR count). The summed E-state index contributed by atoms with van der Waals surface area (Å²) in [6, 6.07) is 4.88. The van der Waals surface area contributed by atoms with Gasteiger partial charge in [0.1, 0.15) is 10.8 Å². The van der Waals surface area contributed by atoms with Crippen molar-refractivity contribution in [1.82, 2.24) is 9.71 Å². The van der Waals surface area contributed by atoms with Crippen LogP contribution in [0.3, 0.4) is 0 Å². The Kier molecular flexibility index (Phi) is 3.74. The number of thiazole rings is 1. The van der Waals surface area contributed by atoms with E-state index in [0.717, 1.165) is 11.8 Å². The molecule has 0 unspecified atom stereocenters. The number of hydrogen-bond acceptors (Lipinski definition) is 4. The summed E-state index contributed by atoms with van der Waals surface area (Å²) in [6.45, 7) is 1.94. The lowest BCUT2D eigenvalue weighted by Gasteiger charge is -2.04. The minimum Gasteiger partial charge on any atom is -0.245 e. The Morgan fingerprint density at radius 1 is 1.44 bits per heavy atom. The molecule has 1 aromatic heterocycles. The van der Waals surface area contributed by atoms with Crippen LogP contribution in [0.15, 0.2) is 34.5 Å². The zero-order valence-electron chi connectivity index (χ0n) is 9.55. The van der Waals surface area contributed by atoms with Crippen LogP contribution in [-0.2, 0) is 16.6 Å². The first-order chi connectivity index (χ1) is 8.47. The monoisotopic (exact) mass is 286 g/mol. The largest absolute Gasteiger partial charge is 0.245 e. The molecule has 0 aliphatic rings. The molecule has 7 heteroatoms. The SMILES string of the molecule is Cc1csc(CNS(=O)(=O)c2cccc(F)c2)n1. The van der Waals surface area contributed by atoms with Gasteiger partial charge in [0.25, 0.3) is 0 Å². The van der Waals surface area contributed by atoms with Crippen molar-refractivity contribution < 1.29 is 12.8 Å². The average molecular weight is 286 g/mol. The highest BCUT2D eigenvalue weighted by atomic mass is 32.2. The highest BCUT2D eigenvalue weighted by molar-refractivity contribution is 7.89. The van der Waals surface area contributed by atoms with Gasteiger partial charge in [-0.1, -0.05) is 6.07 Å². The predicted octanol–water partition coefficient (Wildman–Crippen LogP) is 2.07. The van der Waals surface area contributed by atoms with Gasteiger partial charge < -0.3 is 0 Å². The zero-order chi connectivity index (χ0) is 13.2. The molecular weight excluding hydrogens is 275 g/mol. The third-order valence-electron chi connectivity index (χ3n) is 2.19. The molecule has 1 N–H and O–H groups in total. The third kappa shape index (κ3) is 3.12. The van der Waals surface area contributed by atoms with Crippen molar-refractivity contribution in [3.8, 4) is 0 Å². The number of aromatic nitrogens is 1. The first-order valence-corrected chi connectivity index (χ1v) is 7.50. The van der Waals surface area contributed by atoms with E-state index in [4.69, 9.17) is 0 Å². The van der Waals surface area contributed by atoms with E-state index in [9.17, 15) is 12.8 Å². The molecule has 0 spiro atoms. The van der Waals surface area contributed by atoms with Crippen molar-refractivity contribution in [1.29, 1.82) is 0 Å². The molecule has 1 aromatic carbocycles. The average Bonchev–Trinajstić information content (AvgIpc) is 2.73. The van der Waals surface area contributed by atoms with Gasteiger partial charge in [0, 0.05) is 11.1 Å². The Morgan fingerprint density at radius 2 is 2.22 bits per heavy atom. The Morgan fingerprint density at radius 3 is 2.83 bits per heavy atom. The van der Waals surface area contributed by atoms with Gasteiger partial charge in [0.15, 0.2) is 0 Å². The summed E-state index contributed by atoms with van der Waals surface area (Å²) in [5.74, 6) is -0.581. The standard InChI is InChI=1S/C11H11FN2O2S2/c1-8-7-17-11(14-8)6-13-18(15,16)10-4-2-3-9(12)5-10/h2-5,7,13H,6H2,1H3. The number of rotatable bonds is 4. The third-order valence-corrected chi connectivity index (χ3v) is 4.55. The van der Waals surface area contributed by atoms with Crippen molar-refractivity contribution in [2.45, 2.75) is 18.4 Å². The van der Waals surface area contributed by atoms with Crippen LogP contribution >= 0.6 is 11.3 Å². The molecule has 2 aromatic rings. The summed E-state index contributed by atoms with van der Waals surface area (Å²) >= 11 is 1.38. The molecule has 96 valence electrons. The van der Waals surface area contributed by atoms with Gasteiger partial charge in [0.05, 0.1) is 11.4 Å². The lowest BCUT2D eigenvalue weighted by molar-refractivity contribution is 0.577. The Balaban J connectivity index is 2.13. The smallest absolute Gasteiger partial charge is 0.241 e. The molecular formula is C11H11FN2O2S2. The normalized spacial score (nSPS) is 11.7. The van der Waals surface area contributed by atoms with Crippen LogP contribution in [0.1, 0.15) is 10.7 Å². The summed E-state index contributed by atoms with van der Waals surface area (Å²) in [6.07, 6.45) is 0. The number of nitrogens with zero attached hydrogens (tertiary/aromatic N) is 1. The van der Waals surface area contributed by atoms with Crippen molar-refractivity contribution in [3.63, 3.8) is 0 Å². The van der Waals surface area contributed by atoms with E-state index in [-0.39, 0.29) is 11.4 Å². The van der Waals surface area contributed by atoms with Crippen LogP contribution < -0.4 is 4.72 Å². The molecule has 0 aliphatic heterocycles. The maximum atomic E-state index is 13.0. The maximum absolute atomic E-state index is 13.0. The molecule has 0 amide bonds. The molecule has 0 bridgehead atoms. The minimum absolute atomic E-state index is 0.0872. The Labute approximate surface area is 109 Å². The molecule has 0 fully saturated rings. The molecule has 18 heavy (non-hydrogen) atoms. The summed E-state index contributed by atoms with van der Waals surface area (Å²) in [7, 11) is -3.70. The molecule has 1 heterocycles. The summed E-state index contributed by atoms with van der Waals surface area (Å²) in [5.41, 5.74) is 0.847. The number of hydrogen-bond donors (Lipinski definition) is 1. The number of sulfonamides is 1. The second kappa shape index (κ2) is 5.13. The van der Waals surface area contributed by atoms with Gasteiger partial charge in [-0.05, 0) is 25.1 Å². The van der Waals surface area contributed by atoms with Crippen LogP contribution in [0.4, 0.5) is 4.39 Å². The fraction of sp³-hybridized carbons (Fsp3) is 0.182. The summed E-state index contributed by atoms with van der Waals surface area (Å²) < 4.78 is 39.1. The van der Waals surface area contributed by atoms with Crippen LogP contribution in [0, 0.1) is 12.7 Å². The van der Waals surface area contributed by atoms with Gasteiger partial charge in [0.2, 0.25) is 10.0 Å². The highest BCUT2D eigenvalue weighted by Gasteiger charge is 2.14. The molecule has 0 atom stereocenters. The Hall–Kier alpha value is -1.31. The van der Waals surface area contributed by atoms with Gasteiger partial charge in [-0.15, -0.1) is 11.3 Å². The fourth-order valence-corrected chi connectivity index (χ4v) is 3.18. The van der Waals surface area contributed by atoms with Gasteiger partial charge in [-0.3, -0.25) is 0 Å². The molecule has 0 saturated heterocycles. The van der Waals surface area contributed by atoms with E-state index in [1.807, 2.05) is 12.3 Å². The lowest BCUT2D eigenvalue weighted by atomic mass is 10.4. The highest BCUT2D eigenvalue weighted by Crippen LogP contribution is 2.13. The minimum atomic E-state index is -3.70. The lowest BCUT2D eigenvalue weighted by Crippen LogP contribution is -2.23. The molecule has 0 saturated carbocycles. The van der Waals surface area contributed by atoms with Gasteiger partial charge in [-0.25, -0.2) is 22.5 Å². The van der Waals surface area contributed by atoms with E-state index >= 15 is 0 Å². The van der Waals surface area contributed by atoms with Crippen molar-refractivity contribution in [2.75, 3.05) is 0 Å². The van der Waals surface area contributed by atoms with E-state index < -0.39 is 15.8 Å². The van der Waals surface area contributed by atoms with Gasteiger partial charge >= 0.3 is 0 Å². The van der Waals surface area contributed by atoms with Crippen LogP contribution in [-0.4, -0.2) is 13.4 Å². The van der Waals surface area contributed by atoms with Crippen LogP contribution in [0.2, 0.25) is 0 Å². The molecule has 0 radical (unpaired) electrons. The molecule has 4 nitrogen and oxygen atoms in total. The van der Waals surface area contributed by atoms with Gasteiger partial charge in [-0.2, -0.15) is 0 Å². The second-order valence-electron chi connectivity index (χ2n) is 3.66. The first-order valence-electron chi connectivity index (χ1n) is 5.13. The fourth-order valence-electron chi connectivity index (χ4n) is 1.36. The van der Waals surface area contributed by atoms with E-state index in [1.165, 1.54) is 29.5 Å². The van der Waals surface area contributed by atoms with Crippen LogP contribution in [0.5, 0.6) is 0 Å². The maximum Gasteiger partial charge on any atom is 0.241 e. The first kappa shape index (κ1) is 13.1. The topological polar surface area (TPSA) is 59.1 Å². The number of benzene rings is 1. The number of nitrogens with one attached hydrogen (secondary N) is 1. The molecule has 0 aliphatic carbocycles. The number of aryl methyl sites for hydroxylation is 1. The van der Waals surface area contributed by atoms with Crippen LogP contribution in [0.25, 0.3) is 0 Å². The summed E-state index contributed by atoms with van der Waals surface area (Å²) in [4.78, 5) is 4.06. The Bertz CT molecular complexity index is 653. The zero-order valence-corrected chi connectivity index (χ0v) is 11.2. The summed E-state index contributed by atoms with van der Waals surface area (Å²) in [5, 5.41) is 2.51.